The smallest absolute Gasteiger partial charge is 0.0673 e. The lowest BCUT2D eigenvalue weighted by Crippen LogP contribution is -2.31. The minimum Gasteiger partial charge on any atom is -0.390 e. The fourth-order valence-electron chi connectivity index (χ4n) is 3.52. The second-order valence-corrected chi connectivity index (χ2v) is 6.83. The van der Waals surface area contributed by atoms with Crippen molar-refractivity contribution in [3.63, 3.8) is 0 Å². The minimum absolute atomic E-state index is 0.305. The van der Waals surface area contributed by atoms with Crippen molar-refractivity contribution in [1.82, 2.24) is 0 Å². The van der Waals surface area contributed by atoms with Crippen LogP contribution in [0.4, 0.5) is 0 Å². The van der Waals surface area contributed by atoms with Gasteiger partial charge in [0.25, 0.3) is 0 Å². The van der Waals surface area contributed by atoms with Crippen LogP contribution in [-0.2, 0) is 0 Å². The summed E-state index contributed by atoms with van der Waals surface area (Å²) in [4.78, 5) is 0. The van der Waals surface area contributed by atoms with Gasteiger partial charge < -0.3 is 5.11 Å². The van der Waals surface area contributed by atoms with Crippen molar-refractivity contribution in [2.24, 2.45) is 5.92 Å². The molecule has 0 aromatic rings. The van der Waals surface area contributed by atoms with Gasteiger partial charge in [-0.25, -0.2) is 0 Å². The fraction of sp³-hybridized carbons (Fsp3) is 1.00. The van der Waals surface area contributed by atoms with Gasteiger partial charge in [0.15, 0.2) is 0 Å². The second-order valence-electron chi connectivity index (χ2n) is 6.83. The standard InChI is InChI=1S/C18H36O/c1-3-4-5-6-7-8-9-10-11-12-15-18(19)16-13-14-17(18)2/h17,19H,3-16H2,1-2H3. The van der Waals surface area contributed by atoms with Crippen LogP contribution in [0.15, 0.2) is 0 Å². The average Bonchev–Trinajstić information content (AvgIpc) is 2.72. The summed E-state index contributed by atoms with van der Waals surface area (Å²) < 4.78 is 0. The van der Waals surface area contributed by atoms with E-state index in [0.717, 1.165) is 12.8 Å². The number of rotatable bonds is 11. The van der Waals surface area contributed by atoms with E-state index in [1.54, 1.807) is 0 Å². The lowest BCUT2D eigenvalue weighted by molar-refractivity contribution is -0.00127. The summed E-state index contributed by atoms with van der Waals surface area (Å²) in [6.45, 7) is 4.50. The van der Waals surface area contributed by atoms with Gasteiger partial charge in [0.2, 0.25) is 0 Å². The summed E-state index contributed by atoms with van der Waals surface area (Å²) in [6, 6.07) is 0. The van der Waals surface area contributed by atoms with Crippen LogP contribution >= 0.6 is 0 Å². The van der Waals surface area contributed by atoms with E-state index in [2.05, 4.69) is 13.8 Å². The Morgan fingerprint density at radius 3 is 1.89 bits per heavy atom. The van der Waals surface area contributed by atoms with Crippen molar-refractivity contribution in [3.05, 3.63) is 0 Å². The van der Waals surface area contributed by atoms with Crippen LogP contribution in [0.2, 0.25) is 0 Å². The highest BCUT2D eigenvalue weighted by Crippen LogP contribution is 2.38. The van der Waals surface area contributed by atoms with Gasteiger partial charge >= 0.3 is 0 Å². The van der Waals surface area contributed by atoms with Crippen LogP contribution in [0, 0.1) is 5.92 Å². The molecule has 0 aromatic carbocycles. The van der Waals surface area contributed by atoms with Crippen molar-refractivity contribution in [2.45, 2.75) is 109 Å². The molecule has 1 aliphatic rings. The molecular formula is C18H36O. The molecular weight excluding hydrogens is 232 g/mol. The van der Waals surface area contributed by atoms with E-state index in [0.29, 0.717) is 5.92 Å². The van der Waals surface area contributed by atoms with Gasteiger partial charge in [0, 0.05) is 0 Å². The molecule has 1 rings (SSSR count). The van der Waals surface area contributed by atoms with Gasteiger partial charge in [-0.3, -0.25) is 0 Å². The maximum Gasteiger partial charge on any atom is 0.0673 e. The van der Waals surface area contributed by atoms with Gasteiger partial charge in [-0.2, -0.15) is 0 Å². The van der Waals surface area contributed by atoms with Gasteiger partial charge in [0.05, 0.1) is 5.60 Å². The van der Waals surface area contributed by atoms with Crippen molar-refractivity contribution in [3.8, 4) is 0 Å². The maximum absolute atomic E-state index is 10.5. The highest BCUT2D eigenvalue weighted by molar-refractivity contribution is 4.89. The fourth-order valence-corrected chi connectivity index (χ4v) is 3.52. The summed E-state index contributed by atoms with van der Waals surface area (Å²) >= 11 is 0. The Morgan fingerprint density at radius 2 is 1.42 bits per heavy atom. The van der Waals surface area contributed by atoms with E-state index < -0.39 is 0 Å². The van der Waals surface area contributed by atoms with E-state index in [1.807, 2.05) is 0 Å². The van der Waals surface area contributed by atoms with Crippen LogP contribution in [-0.4, -0.2) is 10.7 Å². The lowest BCUT2D eigenvalue weighted by atomic mass is 9.87. The summed E-state index contributed by atoms with van der Waals surface area (Å²) in [7, 11) is 0. The molecule has 0 heterocycles. The Hall–Kier alpha value is -0.0400. The Labute approximate surface area is 121 Å². The zero-order valence-electron chi connectivity index (χ0n) is 13.4. The Morgan fingerprint density at radius 1 is 0.895 bits per heavy atom. The molecule has 1 fully saturated rings. The SMILES string of the molecule is CCCCCCCCCCCCC1(O)CCCC1C. The second kappa shape index (κ2) is 9.80. The molecule has 0 amide bonds. The molecule has 114 valence electrons. The Balaban J connectivity index is 1.86. The normalized spacial score (nSPS) is 27.0. The largest absolute Gasteiger partial charge is 0.390 e. The maximum atomic E-state index is 10.5. The highest BCUT2D eigenvalue weighted by atomic mass is 16.3. The molecule has 0 saturated heterocycles. The third-order valence-electron chi connectivity index (χ3n) is 5.13. The van der Waals surface area contributed by atoms with Crippen LogP contribution < -0.4 is 0 Å². The first-order chi connectivity index (χ1) is 9.19. The molecule has 2 unspecified atom stereocenters. The molecule has 1 aliphatic carbocycles. The predicted octanol–water partition coefficient (Wildman–Crippen LogP) is 5.85. The number of hydrogen-bond acceptors (Lipinski definition) is 1. The van der Waals surface area contributed by atoms with E-state index in [-0.39, 0.29) is 5.60 Å². The first-order valence-corrected chi connectivity index (χ1v) is 8.91. The monoisotopic (exact) mass is 268 g/mol. The Bertz CT molecular complexity index is 214. The molecule has 19 heavy (non-hydrogen) atoms. The van der Waals surface area contributed by atoms with Crippen molar-refractivity contribution < 1.29 is 5.11 Å². The molecule has 0 spiro atoms. The number of unbranched alkanes of at least 4 members (excludes halogenated alkanes) is 9. The summed E-state index contributed by atoms with van der Waals surface area (Å²) in [5.41, 5.74) is -0.305. The van der Waals surface area contributed by atoms with E-state index in [1.165, 1.54) is 77.0 Å². The molecule has 1 N–H and O–H groups in total. The molecule has 1 heteroatoms. The first-order valence-electron chi connectivity index (χ1n) is 8.91. The van der Waals surface area contributed by atoms with Gasteiger partial charge in [-0.1, -0.05) is 84.5 Å². The highest BCUT2D eigenvalue weighted by Gasteiger charge is 2.37. The third-order valence-corrected chi connectivity index (χ3v) is 5.13. The lowest BCUT2D eigenvalue weighted by Gasteiger charge is -2.27. The quantitative estimate of drug-likeness (QED) is 0.466. The minimum atomic E-state index is -0.305. The molecule has 2 atom stereocenters. The summed E-state index contributed by atoms with van der Waals surface area (Å²) in [6.07, 6.45) is 18.4. The molecule has 0 radical (unpaired) electrons. The van der Waals surface area contributed by atoms with Crippen LogP contribution in [0.1, 0.15) is 104 Å². The predicted molar refractivity (Wildman–Crippen MR) is 84.4 cm³/mol. The van der Waals surface area contributed by atoms with E-state index in [9.17, 15) is 5.11 Å². The van der Waals surface area contributed by atoms with Crippen molar-refractivity contribution in [1.29, 1.82) is 0 Å². The van der Waals surface area contributed by atoms with E-state index in [4.69, 9.17) is 0 Å². The van der Waals surface area contributed by atoms with Gasteiger partial charge in [-0.05, 0) is 25.2 Å². The van der Waals surface area contributed by atoms with Gasteiger partial charge in [-0.15, -0.1) is 0 Å². The van der Waals surface area contributed by atoms with Crippen LogP contribution in [0.25, 0.3) is 0 Å². The first kappa shape index (κ1) is 17.0. The van der Waals surface area contributed by atoms with Crippen molar-refractivity contribution in [2.75, 3.05) is 0 Å². The molecule has 0 aliphatic heterocycles. The molecule has 0 aromatic heterocycles. The zero-order chi connectivity index (χ0) is 14.0. The molecule has 1 saturated carbocycles. The average molecular weight is 268 g/mol. The van der Waals surface area contributed by atoms with Gasteiger partial charge in [0.1, 0.15) is 0 Å². The number of hydrogen-bond donors (Lipinski definition) is 1. The van der Waals surface area contributed by atoms with E-state index >= 15 is 0 Å². The molecule has 1 nitrogen and oxygen atoms in total. The number of aliphatic hydroxyl groups is 1. The third kappa shape index (κ3) is 6.79. The summed E-state index contributed by atoms with van der Waals surface area (Å²) in [5, 5.41) is 10.5. The zero-order valence-corrected chi connectivity index (χ0v) is 13.4. The molecule has 0 bridgehead atoms. The Kier molecular flexibility index (Phi) is 8.77. The van der Waals surface area contributed by atoms with Crippen molar-refractivity contribution >= 4 is 0 Å². The van der Waals surface area contributed by atoms with Crippen LogP contribution in [0.5, 0.6) is 0 Å². The van der Waals surface area contributed by atoms with Crippen LogP contribution in [0.3, 0.4) is 0 Å². The summed E-state index contributed by atoms with van der Waals surface area (Å²) in [5.74, 6) is 0.533. The topological polar surface area (TPSA) is 20.2 Å².